The normalized spacial score (nSPS) is 16.0. The second-order valence-electron chi connectivity index (χ2n) is 7.52. The Morgan fingerprint density at radius 1 is 1.19 bits per heavy atom. The first-order valence-electron chi connectivity index (χ1n) is 10.1. The van der Waals surface area contributed by atoms with Gasteiger partial charge in [0.05, 0.1) is 11.5 Å². The van der Waals surface area contributed by atoms with Gasteiger partial charge in [0.1, 0.15) is 17.5 Å². The summed E-state index contributed by atoms with van der Waals surface area (Å²) < 4.78 is 26.6. The number of benzene rings is 1. The molecular formula is C22H24F2N4O3. The fourth-order valence-electron chi connectivity index (χ4n) is 3.40. The van der Waals surface area contributed by atoms with Crippen molar-refractivity contribution in [1.82, 2.24) is 15.2 Å². The number of likely N-dealkylation sites (tertiary alicyclic amines) is 1. The molecule has 1 fully saturated rings. The van der Waals surface area contributed by atoms with Crippen molar-refractivity contribution in [3.8, 4) is 0 Å². The summed E-state index contributed by atoms with van der Waals surface area (Å²) in [5.41, 5.74) is 0.704. The van der Waals surface area contributed by atoms with Gasteiger partial charge in [0, 0.05) is 38.3 Å². The molecule has 2 aromatic rings. The number of hydrogen-bond donors (Lipinski definition) is 2. The number of nitrogens with one attached hydrogen (secondary N) is 2. The van der Waals surface area contributed by atoms with Crippen LogP contribution in [-0.4, -0.2) is 47.2 Å². The number of pyridine rings is 1. The van der Waals surface area contributed by atoms with Gasteiger partial charge in [-0.25, -0.2) is 13.8 Å². The van der Waals surface area contributed by atoms with Crippen molar-refractivity contribution >= 4 is 23.5 Å². The molecule has 164 valence electrons. The third-order valence-electron chi connectivity index (χ3n) is 5.11. The lowest BCUT2D eigenvalue weighted by atomic mass is 9.97. The molecule has 1 aliphatic heterocycles. The minimum Gasteiger partial charge on any atom is -0.351 e. The van der Waals surface area contributed by atoms with Gasteiger partial charge in [-0.05, 0) is 43.5 Å². The van der Waals surface area contributed by atoms with E-state index in [1.165, 1.54) is 0 Å². The number of carbonyl (C=O) groups excluding carboxylic acids is 3. The minimum absolute atomic E-state index is 0.00906. The molecule has 0 radical (unpaired) electrons. The van der Waals surface area contributed by atoms with E-state index >= 15 is 0 Å². The Morgan fingerprint density at radius 3 is 2.71 bits per heavy atom. The van der Waals surface area contributed by atoms with Gasteiger partial charge in [0.2, 0.25) is 11.8 Å². The van der Waals surface area contributed by atoms with Gasteiger partial charge in [-0.2, -0.15) is 0 Å². The number of aryl methyl sites for hydroxylation is 1. The van der Waals surface area contributed by atoms with Crippen molar-refractivity contribution in [1.29, 1.82) is 0 Å². The smallest absolute Gasteiger partial charge is 0.254 e. The van der Waals surface area contributed by atoms with Crippen LogP contribution in [0.4, 0.5) is 14.6 Å². The van der Waals surface area contributed by atoms with E-state index in [4.69, 9.17) is 0 Å². The van der Waals surface area contributed by atoms with Gasteiger partial charge in [-0.15, -0.1) is 0 Å². The van der Waals surface area contributed by atoms with Crippen LogP contribution >= 0.6 is 0 Å². The lowest BCUT2D eigenvalue weighted by Crippen LogP contribution is -2.44. The number of aromatic nitrogens is 1. The maximum Gasteiger partial charge on any atom is 0.254 e. The molecule has 1 aromatic carbocycles. The van der Waals surface area contributed by atoms with E-state index in [1.54, 1.807) is 17.2 Å². The SMILES string of the molecule is Cc1ccc(NC(=O)C2CCCN(C(=O)CCNC(=O)c3ccc(F)cc3F)C2)nc1. The monoisotopic (exact) mass is 430 g/mol. The maximum absolute atomic E-state index is 13.7. The number of piperidine rings is 1. The van der Waals surface area contributed by atoms with Crippen LogP contribution < -0.4 is 10.6 Å². The fourth-order valence-corrected chi connectivity index (χ4v) is 3.40. The van der Waals surface area contributed by atoms with Gasteiger partial charge in [-0.1, -0.05) is 6.07 Å². The molecule has 2 N–H and O–H groups in total. The van der Waals surface area contributed by atoms with Crippen molar-refractivity contribution in [2.24, 2.45) is 5.92 Å². The molecule has 3 rings (SSSR count). The molecule has 0 saturated carbocycles. The Hall–Kier alpha value is -3.36. The Balaban J connectivity index is 1.47. The second-order valence-corrected chi connectivity index (χ2v) is 7.52. The minimum atomic E-state index is -0.961. The summed E-state index contributed by atoms with van der Waals surface area (Å²) in [6, 6.07) is 6.26. The van der Waals surface area contributed by atoms with Crippen molar-refractivity contribution < 1.29 is 23.2 Å². The molecule has 1 aromatic heterocycles. The summed E-state index contributed by atoms with van der Waals surface area (Å²) in [6.07, 6.45) is 3.04. The standard InChI is InChI=1S/C22H24F2N4O3/c1-14-4-7-19(26-12-14)27-21(30)15-3-2-10-28(13-15)20(29)8-9-25-22(31)17-6-5-16(23)11-18(17)24/h4-7,11-12,15H,2-3,8-10,13H2,1H3,(H,25,31)(H,26,27,30). The van der Waals surface area contributed by atoms with Gasteiger partial charge in [0.25, 0.3) is 5.91 Å². The van der Waals surface area contributed by atoms with Crippen molar-refractivity contribution in [3.63, 3.8) is 0 Å². The molecule has 1 saturated heterocycles. The number of carbonyl (C=O) groups is 3. The molecule has 2 heterocycles. The molecule has 1 unspecified atom stereocenters. The molecule has 31 heavy (non-hydrogen) atoms. The molecule has 0 bridgehead atoms. The van der Waals surface area contributed by atoms with Gasteiger partial charge in [0.15, 0.2) is 0 Å². The zero-order valence-electron chi connectivity index (χ0n) is 17.2. The Bertz CT molecular complexity index is 966. The highest BCUT2D eigenvalue weighted by Crippen LogP contribution is 2.19. The van der Waals surface area contributed by atoms with Gasteiger partial charge < -0.3 is 15.5 Å². The topological polar surface area (TPSA) is 91.4 Å². The predicted octanol–water partition coefficient (Wildman–Crippen LogP) is 2.67. The van der Waals surface area contributed by atoms with Crippen LogP contribution in [-0.2, 0) is 9.59 Å². The Labute approximate surface area is 178 Å². The third-order valence-corrected chi connectivity index (χ3v) is 5.11. The summed E-state index contributed by atoms with van der Waals surface area (Å²) in [6.45, 7) is 2.74. The highest BCUT2D eigenvalue weighted by Gasteiger charge is 2.28. The van der Waals surface area contributed by atoms with Crippen molar-refractivity contribution in [2.75, 3.05) is 25.0 Å². The summed E-state index contributed by atoms with van der Waals surface area (Å²) in [5.74, 6) is -2.71. The van der Waals surface area contributed by atoms with Crippen LogP contribution in [0.5, 0.6) is 0 Å². The fraction of sp³-hybridized carbons (Fsp3) is 0.364. The van der Waals surface area contributed by atoms with Gasteiger partial charge in [-0.3, -0.25) is 14.4 Å². The average molecular weight is 430 g/mol. The first kappa shape index (κ1) is 22.3. The van der Waals surface area contributed by atoms with E-state index in [0.717, 1.165) is 17.7 Å². The molecular weight excluding hydrogens is 406 g/mol. The molecule has 9 heteroatoms. The van der Waals surface area contributed by atoms with E-state index in [9.17, 15) is 23.2 Å². The predicted molar refractivity (Wildman–Crippen MR) is 110 cm³/mol. The van der Waals surface area contributed by atoms with E-state index in [2.05, 4.69) is 15.6 Å². The number of nitrogens with zero attached hydrogens (tertiary/aromatic N) is 2. The van der Waals surface area contributed by atoms with E-state index in [1.807, 2.05) is 13.0 Å². The number of amides is 3. The lowest BCUT2D eigenvalue weighted by Gasteiger charge is -2.32. The second kappa shape index (κ2) is 10.1. The average Bonchev–Trinajstić information content (AvgIpc) is 2.75. The summed E-state index contributed by atoms with van der Waals surface area (Å²) in [5, 5.41) is 5.24. The Kier molecular flexibility index (Phi) is 7.28. The van der Waals surface area contributed by atoms with Crippen LogP contribution in [0.2, 0.25) is 0 Å². The van der Waals surface area contributed by atoms with Crippen molar-refractivity contribution in [3.05, 3.63) is 59.3 Å². The van der Waals surface area contributed by atoms with Crippen LogP contribution in [0.25, 0.3) is 0 Å². The number of halogens is 2. The number of rotatable bonds is 6. The first-order valence-corrected chi connectivity index (χ1v) is 10.1. The summed E-state index contributed by atoms with van der Waals surface area (Å²) in [4.78, 5) is 42.8. The van der Waals surface area contributed by atoms with Crippen LogP contribution in [0.15, 0.2) is 36.5 Å². The largest absolute Gasteiger partial charge is 0.351 e. The maximum atomic E-state index is 13.7. The van der Waals surface area contributed by atoms with Crippen molar-refractivity contribution in [2.45, 2.75) is 26.2 Å². The third kappa shape index (κ3) is 6.07. The Morgan fingerprint density at radius 2 is 2.00 bits per heavy atom. The molecule has 0 aliphatic carbocycles. The molecule has 1 aliphatic rings. The molecule has 0 spiro atoms. The lowest BCUT2D eigenvalue weighted by molar-refractivity contribution is -0.134. The number of anilines is 1. The number of hydrogen-bond acceptors (Lipinski definition) is 4. The van der Waals surface area contributed by atoms with Gasteiger partial charge >= 0.3 is 0 Å². The summed E-state index contributed by atoms with van der Waals surface area (Å²) in [7, 11) is 0. The van der Waals surface area contributed by atoms with E-state index < -0.39 is 17.5 Å². The highest BCUT2D eigenvalue weighted by atomic mass is 19.1. The quantitative estimate of drug-likeness (QED) is 0.737. The zero-order chi connectivity index (χ0) is 22.4. The molecule has 1 atom stereocenters. The molecule has 3 amide bonds. The zero-order valence-corrected chi connectivity index (χ0v) is 17.2. The van der Waals surface area contributed by atoms with E-state index in [0.29, 0.717) is 31.3 Å². The van der Waals surface area contributed by atoms with Crippen LogP contribution in [0, 0.1) is 24.5 Å². The highest BCUT2D eigenvalue weighted by molar-refractivity contribution is 5.95. The molecule has 7 nitrogen and oxygen atoms in total. The first-order chi connectivity index (χ1) is 14.8. The van der Waals surface area contributed by atoms with Crippen LogP contribution in [0.1, 0.15) is 35.2 Å². The van der Waals surface area contributed by atoms with E-state index in [-0.39, 0.29) is 42.8 Å². The van der Waals surface area contributed by atoms with Crippen LogP contribution in [0.3, 0.4) is 0 Å². The summed E-state index contributed by atoms with van der Waals surface area (Å²) >= 11 is 0.